The van der Waals surface area contributed by atoms with Crippen LogP contribution in [0.5, 0.6) is 0 Å². The van der Waals surface area contributed by atoms with Gasteiger partial charge in [0.1, 0.15) is 35.2 Å². The summed E-state index contributed by atoms with van der Waals surface area (Å²) in [6.45, 7) is 30.6. The van der Waals surface area contributed by atoms with Gasteiger partial charge in [-0.05, 0) is 206 Å². The summed E-state index contributed by atoms with van der Waals surface area (Å²) >= 11 is 0. The molecule has 516 valence electrons. The van der Waals surface area contributed by atoms with Crippen molar-refractivity contribution >= 4 is 46.4 Å². The van der Waals surface area contributed by atoms with Gasteiger partial charge >= 0.3 is 11.9 Å². The predicted molar refractivity (Wildman–Crippen MR) is 375 cm³/mol. The molecule has 14 nitrogen and oxygen atoms in total. The van der Waals surface area contributed by atoms with E-state index in [1.807, 2.05) is 106 Å². The molecule has 17 heteroatoms. The maximum Gasteiger partial charge on any atom is 0.337 e. The number of carboxylic acid groups (broad SMARTS) is 2. The number of carbonyl (C=O) groups is 5. The highest BCUT2D eigenvalue weighted by molar-refractivity contribution is 6.19. The fourth-order valence-electron chi connectivity index (χ4n) is 14.1. The highest BCUT2D eigenvalue weighted by Gasteiger charge is 2.50. The van der Waals surface area contributed by atoms with Crippen molar-refractivity contribution in [1.29, 1.82) is 0 Å². The Bertz CT molecular complexity index is 4190. The third kappa shape index (κ3) is 16.2. The first kappa shape index (κ1) is 72.0. The molecule has 0 amide bonds. The molecular weight excluding hydrogens is 1250 g/mol. The quantitative estimate of drug-likeness (QED) is 0.0820. The van der Waals surface area contributed by atoms with E-state index in [2.05, 4.69) is 37.5 Å². The van der Waals surface area contributed by atoms with Crippen molar-refractivity contribution in [1.82, 2.24) is 9.97 Å². The molecule has 0 unspecified atom stereocenters. The fraction of sp³-hybridized carbons (Fsp3) is 0.420. The largest absolute Gasteiger partial charge is 0.488 e. The number of hydrogen-bond donors (Lipinski definition) is 2. The molecule has 4 aliphatic rings. The van der Waals surface area contributed by atoms with Gasteiger partial charge in [0.05, 0.1) is 22.6 Å². The Kier molecular flexibility index (Phi) is 20.7. The lowest BCUT2D eigenvalue weighted by Crippen LogP contribution is -2.47. The molecule has 0 spiro atoms. The molecule has 2 atom stereocenters. The van der Waals surface area contributed by atoms with Crippen LogP contribution in [-0.4, -0.2) is 86.9 Å². The molecule has 0 radical (unpaired) electrons. The van der Waals surface area contributed by atoms with Gasteiger partial charge in [-0.15, -0.1) is 0 Å². The van der Waals surface area contributed by atoms with Crippen LogP contribution in [0.1, 0.15) is 185 Å². The Morgan fingerprint density at radius 1 is 0.531 bits per heavy atom. The zero-order valence-electron chi connectivity index (χ0n) is 58.9. The second kappa shape index (κ2) is 28.2. The highest BCUT2D eigenvalue weighted by Crippen LogP contribution is 2.49. The zero-order chi connectivity index (χ0) is 71.1. The fourth-order valence-corrected chi connectivity index (χ4v) is 14.1. The van der Waals surface area contributed by atoms with Crippen LogP contribution in [0.25, 0.3) is 28.0 Å². The average Bonchev–Trinajstić information content (AvgIpc) is 0.741. The van der Waals surface area contributed by atoms with Crippen molar-refractivity contribution < 1.29 is 61.6 Å². The Labute approximate surface area is 573 Å². The maximum absolute atomic E-state index is 15.0. The number of halogens is 3. The van der Waals surface area contributed by atoms with Crippen LogP contribution in [0.2, 0.25) is 0 Å². The van der Waals surface area contributed by atoms with Gasteiger partial charge in [0.25, 0.3) is 0 Å². The highest BCUT2D eigenvalue weighted by atomic mass is 19.1. The van der Waals surface area contributed by atoms with E-state index in [0.29, 0.717) is 80.4 Å². The van der Waals surface area contributed by atoms with Crippen LogP contribution in [0.15, 0.2) is 115 Å². The smallest absolute Gasteiger partial charge is 0.337 e. The Morgan fingerprint density at radius 2 is 0.908 bits per heavy atom. The summed E-state index contributed by atoms with van der Waals surface area (Å²) in [5.74, 6) is -3.59. The van der Waals surface area contributed by atoms with Crippen LogP contribution in [0.4, 0.5) is 24.5 Å². The van der Waals surface area contributed by atoms with Crippen LogP contribution >= 0.6 is 0 Å². The molecule has 2 N–H and O–H groups in total. The molecule has 7 aromatic rings. The molecule has 0 bridgehead atoms. The number of aryl methyl sites for hydroxylation is 4. The molecule has 2 fully saturated rings. The number of carboxylic acids is 2. The van der Waals surface area contributed by atoms with E-state index in [1.54, 1.807) is 36.4 Å². The van der Waals surface area contributed by atoms with Gasteiger partial charge in [-0.25, -0.2) is 22.8 Å². The average molecular weight is 1340 g/mol. The standard InChI is InChI=1S/C44H48F2N2O5.C37H43FN2O5/c1-26-36(38(48-20-18-43(6,7)19-21-48)37(27(2)47-26)39(41(51)52)53-42(3,4)5)31-13-12-30-23-35(49)44(40(50)34(30)22-31,24-28-8-14-32(45)15-9-28)25-29-10-16-33(46)17-11-29;1-22-31(26-11-10-25-18-28(41)20-30(29(25)19-26)44-21-24-8-12-27(38)13-9-24)33(40-16-14-37(6,7)15-17-40)32(23(2)39-22)34(35(42)43)45-36(3,4)5/h8-17,22,39H,18-21,23-25H2,1-7H3,(H,51,52);8-13,19-20,34H,14-18,21H2,1-7H3,(H,42,43)/t39-;34-/m00/s1. The van der Waals surface area contributed by atoms with Gasteiger partial charge in [-0.2, -0.15) is 0 Å². The van der Waals surface area contributed by atoms with Crippen molar-refractivity contribution in [2.24, 2.45) is 16.2 Å². The summed E-state index contributed by atoms with van der Waals surface area (Å²) < 4.78 is 60.0. The molecular formula is C81H91F3N4O10. The monoisotopic (exact) mass is 1340 g/mol. The van der Waals surface area contributed by atoms with Gasteiger partial charge in [0.2, 0.25) is 0 Å². The number of pyridine rings is 2. The minimum atomic E-state index is -1.52. The topological polar surface area (TPSA) is 186 Å². The van der Waals surface area contributed by atoms with E-state index in [1.165, 1.54) is 42.5 Å². The van der Waals surface area contributed by atoms with Gasteiger partial charge in [0.15, 0.2) is 29.6 Å². The van der Waals surface area contributed by atoms with E-state index in [9.17, 15) is 42.6 Å². The van der Waals surface area contributed by atoms with Crippen molar-refractivity contribution in [2.75, 3.05) is 36.0 Å². The normalized spacial score (nSPS) is 17.2. The molecule has 2 saturated heterocycles. The van der Waals surface area contributed by atoms with E-state index in [0.717, 1.165) is 83.7 Å². The summed E-state index contributed by atoms with van der Waals surface area (Å²) in [6.07, 6.45) is 3.05. The first-order chi connectivity index (χ1) is 46.0. The van der Waals surface area contributed by atoms with Crippen LogP contribution in [-0.2, 0) is 65.7 Å². The zero-order valence-corrected chi connectivity index (χ0v) is 58.9. The first-order valence-electron chi connectivity index (χ1n) is 33.8. The van der Waals surface area contributed by atoms with Crippen LogP contribution in [0.3, 0.4) is 0 Å². The molecule has 11 rings (SSSR count). The molecule has 4 heterocycles. The van der Waals surface area contributed by atoms with Gasteiger partial charge in [0, 0.05) is 101 Å². The van der Waals surface area contributed by atoms with E-state index >= 15 is 4.79 Å². The van der Waals surface area contributed by atoms with Crippen molar-refractivity contribution in [2.45, 2.75) is 178 Å². The number of nitrogens with zero attached hydrogens (tertiary/aromatic N) is 4. The second-order valence-corrected chi connectivity index (χ2v) is 30.5. The number of ether oxygens (including phenoxy) is 3. The Balaban J connectivity index is 0.000000215. The van der Waals surface area contributed by atoms with Crippen LogP contribution < -0.4 is 9.80 Å². The summed E-state index contributed by atoms with van der Waals surface area (Å²) in [6, 6.07) is 29.1. The SMILES string of the molecule is Cc1nc(C)c([C@H](OC(C)(C)C)C(=O)O)c(N2CCC(C)(C)CC2)c1-c1ccc2c(c1)C(=O)C(Cc1ccc(F)cc1)(Cc1ccc(F)cc1)C(=O)C2.Cc1nc(C)c([C@H](OC(C)(C)C)C(=O)O)c(N2CCC(C)(C)CC2)c1-c1ccc2c(c1)C(OCc1ccc(F)cc1)=CC(=O)C2. The Morgan fingerprint density at radius 3 is 1.30 bits per heavy atom. The van der Waals surface area contributed by atoms with Gasteiger partial charge < -0.3 is 34.2 Å². The lowest BCUT2D eigenvalue weighted by atomic mass is 9.63. The number of anilines is 2. The number of hydrogen-bond acceptors (Lipinski definition) is 12. The third-order valence-corrected chi connectivity index (χ3v) is 19.4. The Hall–Kier alpha value is -8.80. The van der Waals surface area contributed by atoms with Crippen molar-refractivity contribution in [3.63, 3.8) is 0 Å². The number of ketones is 3. The van der Waals surface area contributed by atoms with E-state index in [4.69, 9.17) is 24.2 Å². The lowest BCUT2D eigenvalue weighted by Gasteiger charge is -2.41. The summed E-state index contributed by atoms with van der Waals surface area (Å²) in [7, 11) is 0. The van der Waals surface area contributed by atoms with Gasteiger partial charge in [-0.1, -0.05) is 88.4 Å². The number of benzene rings is 5. The third-order valence-electron chi connectivity index (χ3n) is 19.4. The number of aliphatic carboxylic acids is 2. The summed E-state index contributed by atoms with van der Waals surface area (Å²) in [5, 5.41) is 21.1. The molecule has 2 aliphatic heterocycles. The lowest BCUT2D eigenvalue weighted by molar-refractivity contribution is -0.161. The first-order valence-corrected chi connectivity index (χ1v) is 33.8. The summed E-state index contributed by atoms with van der Waals surface area (Å²) in [5.41, 5.74) is 10.3. The number of carbonyl (C=O) groups excluding carboxylic acids is 3. The molecule has 2 aliphatic carbocycles. The predicted octanol–water partition coefficient (Wildman–Crippen LogP) is 16.7. The van der Waals surface area contributed by atoms with Gasteiger partial charge in [-0.3, -0.25) is 24.4 Å². The number of piperidine rings is 2. The molecule has 98 heavy (non-hydrogen) atoms. The minimum absolute atomic E-state index is 0.00863. The molecule has 0 saturated carbocycles. The van der Waals surface area contributed by atoms with Crippen molar-refractivity contribution in [3.8, 4) is 22.3 Å². The number of fused-ring (bicyclic) bond motifs is 2. The minimum Gasteiger partial charge on any atom is -0.488 e. The molecule has 2 aromatic heterocycles. The van der Waals surface area contributed by atoms with E-state index < -0.39 is 52.4 Å². The number of Topliss-reactive ketones (excluding diaryl/α,β-unsaturated/α-hetero) is 2. The number of rotatable bonds is 17. The van der Waals surface area contributed by atoms with Crippen molar-refractivity contribution in [3.05, 3.63) is 206 Å². The second-order valence-electron chi connectivity index (χ2n) is 30.5. The van der Waals surface area contributed by atoms with E-state index in [-0.39, 0.29) is 66.3 Å². The van der Waals surface area contributed by atoms with Crippen LogP contribution in [0, 0.1) is 61.4 Å². The molecule has 5 aromatic carbocycles. The number of allylic oxidation sites excluding steroid dienone is 1. The summed E-state index contributed by atoms with van der Waals surface area (Å²) in [4.78, 5) is 82.0. The maximum atomic E-state index is 15.0. The number of aromatic nitrogens is 2.